The molecule has 0 spiro atoms. The van der Waals surface area contributed by atoms with E-state index in [9.17, 15) is 0 Å². The van der Waals surface area contributed by atoms with E-state index in [0.717, 1.165) is 12.8 Å². The Balaban J connectivity index is 1.79. The van der Waals surface area contributed by atoms with Gasteiger partial charge in [0.1, 0.15) is 0 Å². The molecule has 3 aromatic rings. The summed E-state index contributed by atoms with van der Waals surface area (Å²) in [5.74, 6) is 0. The Morgan fingerprint density at radius 1 is 1.00 bits per heavy atom. The maximum Gasteiger partial charge on any atom is 0.0925 e. The molecule has 0 saturated carbocycles. The van der Waals surface area contributed by atoms with E-state index < -0.39 is 0 Å². The van der Waals surface area contributed by atoms with Crippen molar-refractivity contribution in [2.75, 3.05) is 0 Å². The van der Waals surface area contributed by atoms with Crippen molar-refractivity contribution in [3.05, 3.63) is 62.5 Å². The van der Waals surface area contributed by atoms with Crippen molar-refractivity contribution in [3.8, 4) is 0 Å². The number of H-pyrrole nitrogens is 1. The van der Waals surface area contributed by atoms with Crippen LogP contribution in [0, 0.1) is 0 Å². The number of hydrogen-bond donors (Lipinski definition) is 1. The molecule has 0 aliphatic heterocycles. The van der Waals surface area contributed by atoms with Crippen LogP contribution in [-0.4, -0.2) is 9.97 Å². The summed E-state index contributed by atoms with van der Waals surface area (Å²) in [5, 5.41) is 4.23. The highest BCUT2D eigenvalue weighted by atomic mass is 32.1. The van der Waals surface area contributed by atoms with Crippen LogP contribution in [0.1, 0.15) is 21.1 Å². The first-order valence-corrected chi connectivity index (χ1v) is 7.23. The lowest BCUT2D eigenvalue weighted by molar-refractivity contribution is 1.05. The van der Waals surface area contributed by atoms with Crippen molar-refractivity contribution >= 4 is 22.7 Å². The lowest BCUT2D eigenvalue weighted by Gasteiger charge is -1.99. The van der Waals surface area contributed by atoms with Gasteiger partial charge in [-0.05, 0) is 22.9 Å². The lowest BCUT2D eigenvalue weighted by atomic mass is 10.1. The normalized spacial score (nSPS) is 10.8. The second-order valence-corrected chi connectivity index (χ2v) is 5.90. The van der Waals surface area contributed by atoms with Crippen molar-refractivity contribution < 1.29 is 0 Å². The van der Waals surface area contributed by atoms with Crippen molar-refractivity contribution in [1.82, 2.24) is 9.97 Å². The van der Waals surface area contributed by atoms with E-state index in [1.165, 1.54) is 21.1 Å². The molecule has 17 heavy (non-hydrogen) atoms. The van der Waals surface area contributed by atoms with Gasteiger partial charge in [0, 0.05) is 28.3 Å². The van der Waals surface area contributed by atoms with Crippen molar-refractivity contribution in [2.45, 2.75) is 12.8 Å². The summed E-state index contributed by atoms with van der Waals surface area (Å²) in [6.45, 7) is 0. The molecule has 3 heterocycles. The summed E-state index contributed by atoms with van der Waals surface area (Å²) in [6.07, 6.45) is 3.69. The molecule has 0 saturated heterocycles. The monoisotopic (exact) mass is 260 g/mol. The number of thiophene rings is 2. The number of aromatic nitrogens is 2. The number of nitrogens with zero attached hydrogens (tertiary/aromatic N) is 1. The van der Waals surface area contributed by atoms with Gasteiger partial charge in [0.15, 0.2) is 0 Å². The molecule has 3 rings (SSSR count). The summed E-state index contributed by atoms with van der Waals surface area (Å²) < 4.78 is 0. The van der Waals surface area contributed by atoms with Gasteiger partial charge in [0.25, 0.3) is 0 Å². The second kappa shape index (κ2) is 4.85. The van der Waals surface area contributed by atoms with Gasteiger partial charge in [-0.15, -0.1) is 22.7 Å². The van der Waals surface area contributed by atoms with Gasteiger partial charge in [-0.25, -0.2) is 4.98 Å². The Morgan fingerprint density at radius 2 is 1.71 bits per heavy atom. The number of nitrogens with one attached hydrogen (secondary N) is 1. The Labute approximate surface area is 108 Å². The third-order valence-electron chi connectivity index (χ3n) is 2.66. The number of hydrogen-bond acceptors (Lipinski definition) is 3. The lowest BCUT2D eigenvalue weighted by Crippen LogP contribution is -1.94. The smallest absolute Gasteiger partial charge is 0.0925 e. The molecule has 86 valence electrons. The van der Waals surface area contributed by atoms with E-state index in [-0.39, 0.29) is 0 Å². The van der Waals surface area contributed by atoms with Crippen LogP contribution >= 0.6 is 22.7 Å². The van der Waals surface area contributed by atoms with Gasteiger partial charge in [-0.1, -0.05) is 12.1 Å². The summed E-state index contributed by atoms with van der Waals surface area (Å²) in [7, 11) is 0. The van der Waals surface area contributed by atoms with Crippen LogP contribution < -0.4 is 0 Å². The molecule has 0 aromatic carbocycles. The molecule has 1 N–H and O–H groups in total. The van der Waals surface area contributed by atoms with Gasteiger partial charge >= 0.3 is 0 Å². The minimum atomic E-state index is 0.932. The molecule has 4 heteroatoms. The maximum absolute atomic E-state index is 4.43. The van der Waals surface area contributed by atoms with Gasteiger partial charge in [-0.2, -0.15) is 0 Å². The topological polar surface area (TPSA) is 28.7 Å². The highest BCUT2D eigenvalue weighted by Gasteiger charge is 2.08. The fraction of sp³-hybridized carbons (Fsp3) is 0.154. The molecule has 0 unspecified atom stereocenters. The van der Waals surface area contributed by atoms with Crippen LogP contribution in [0.3, 0.4) is 0 Å². The van der Waals surface area contributed by atoms with E-state index in [4.69, 9.17) is 0 Å². The van der Waals surface area contributed by atoms with Gasteiger partial charge < -0.3 is 4.98 Å². The molecular weight excluding hydrogens is 248 g/mol. The molecule has 0 radical (unpaired) electrons. The van der Waals surface area contributed by atoms with Crippen LogP contribution in [0.4, 0.5) is 0 Å². The van der Waals surface area contributed by atoms with E-state index in [2.05, 4.69) is 45.0 Å². The largest absolute Gasteiger partial charge is 0.348 e. The Hall–Kier alpha value is -1.39. The van der Waals surface area contributed by atoms with E-state index >= 15 is 0 Å². The summed E-state index contributed by atoms with van der Waals surface area (Å²) in [4.78, 5) is 10.4. The zero-order valence-electron chi connectivity index (χ0n) is 9.22. The zero-order chi connectivity index (χ0) is 11.5. The third-order valence-corrected chi connectivity index (χ3v) is 4.41. The van der Waals surface area contributed by atoms with Crippen LogP contribution in [0.5, 0.6) is 0 Å². The average molecular weight is 260 g/mol. The molecule has 0 aliphatic rings. The highest BCUT2D eigenvalue weighted by Crippen LogP contribution is 2.19. The maximum atomic E-state index is 4.43. The summed E-state index contributed by atoms with van der Waals surface area (Å²) in [6, 6.07) is 8.51. The van der Waals surface area contributed by atoms with Gasteiger partial charge in [0.05, 0.1) is 12.0 Å². The second-order valence-electron chi connectivity index (χ2n) is 3.84. The Bertz CT molecular complexity index is 514. The third kappa shape index (κ3) is 2.48. The SMILES string of the molecule is c1csc(Cc2nc[nH]c2Cc2cccs2)c1. The highest BCUT2D eigenvalue weighted by molar-refractivity contribution is 7.10. The predicted molar refractivity (Wildman–Crippen MR) is 72.8 cm³/mol. The number of imidazole rings is 1. The van der Waals surface area contributed by atoms with E-state index in [1.54, 1.807) is 29.0 Å². The Kier molecular flexibility index (Phi) is 3.07. The molecule has 3 aromatic heterocycles. The van der Waals surface area contributed by atoms with Crippen LogP contribution in [-0.2, 0) is 12.8 Å². The van der Waals surface area contributed by atoms with Crippen molar-refractivity contribution in [1.29, 1.82) is 0 Å². The molecule has 0 bridgehead atoms. The van der Waals surface area contributed by atoms with Crippen molar-refractivity contribution in [3.63, 3.8) is 0 Å². The van der Waals surface area contributed by atoms with Gasteiger partial charge in [-0.3, -0.25) is 0 Å². The molecule has 0 atom stereocenters. The first-order chi connectivity index (χ1) is 8.42. The first kappa shape index (κ1) is 10.7. The molecule has 0 aliphatic carbocycles. The Morgan fingerprint density at radius 3 is 2.35 bits per heavy atom. The predicted octanol–water partition coefficient (Wildman–Crippen LogP) is 3.71. The van der Waals surface area contributed by atoms with Crippen LogP contribution in [0.25, 0.3) is 0 Å². The number of aromatic amines is 1. The molecule has 0 fully saturated rings. The zero-order valence-corrected chi connectivity index (χ0v) is 10.9. The van der Waals surface area contributed by atoms with Crippen molar-refractivity contribution in [2.24, 2.45) is 0 Å². The molecule has 0 amide bonds. The molecular formula is C13H12N2S2. The van der Waals surface area contributed by atoms with E-state index in [1.807, 2.05) is 0 Å². The summed E-state index contributed by atoms with van der Waals surface area (Å²) in [5.41, 5.74) is 2.40. The minimum absolute atomic E-state index is 0.932. The average Bonchev–Trinajstić information content (AvgIpc) is 3.04. The summed E-state index contributed by atoms with van der Waals surface area (Å²) >= 11 is 3.58. The van der Waals surface area contributed by atoms with Crippen LogP contribution in [0.15, 0.2) is 41.4 Å². The standard InChI is InChI=1S/C13H12N2S2/c1-3-10(16-5-1)7-12-13(15-9-14-12)8-11-4-2-6-17-11/h1-6,9H,7-8H2,(H,14,15). The van der Waals surface area contributed by atoms with Crippen LogP contribution in [0.2, 0.25) is 0 Å². The number of rotatable bonds is 4. The fourth-order valence-electron chi connectivity index (χ4n) is 1.82. The van der Waals surface area contributed by atoms with E-state index in [0.29, 0.717) is 0 Å². The molecule has 2 nitrogen and oxygen atoms in total. The first-order valence-electron chi connectivity index (χ1n) is 5.48. The quantitative estimate of drug-likeness (QED) is 0.761. The van der Waals surface area contributed by atoms with Gasteiger partial charge in [0.2, 0.25) is 0 Å². The fourth-order valence-corrected chi connectivity index (χ4v) is 3.25. The minimum Gasteiger partial charge on any atom is -0.348 e.